The molecule has 21 heavy (non-hydrogen) atoms. The van der Waals surface area contributed by atoms with Crippen molar-refractivity contribution in [2.45, 2.75) is 45.2 Å². The van der Waals surface area contributed by atoms with Gasteiger partial charge in [0.2, 0.25) is 0 Å². The van der Waals surface area contributed by atoms with Crippen molar-refractivity contribution in [2.24, 2.45) is 0 Å². The first-order chi connectivity index (χ1) is 10.0. The highest BCUT2D eigenvalue weighted by Crippen LogP contribution is 2.34. The van der Waals surface area contributed by atoms with Crippen LogP contribution in [-0.2, 0) is 0 Å². The summed E-state index contributed by atoms with van der Waals surface area (Å²) in [6.07, 6.45) is 2.50. The van der Waals surface area contributed by atoms with Crippen molar-refractivity contribution in [1.29, 1.82) is 0 Å². The summed E-state index contributed by atoms with van der Waals surface area (Å²) >= 11 is 0. The van der Waals surface area contributed by atoms with Gasteiger partial charge in [0.1, 0.15) is 0 Å². The highest BCUT2D eigenvalue weighted by Gasteiger charge is 2.37. The van der Waals surface area contributed by atoms with Gasteiger partial charge >= 0.3 is 0 Å². The molecular formula is C17H27FN2O. The third-order valence-corrected chi connectivity index (χ3v) is 4.54. The molecule has 3 nitrogen and oxygen atoms in total. The number of nitrogens with one attached hydrogen (secondary N) is 1. The van der Waals surface area contributed by atoms with E-state index in [1.165, 1.54) is 20.0 Å². The molecule has 118 valence electrons. The average Bonchev–Trinajstić information content (AvgIpc) is 2.99. The molecule has 0 saturated carbocycles. The molecule has 1 unspecified atom stereocenters. The van der Waals surface area contributed by atoms with Crippen LogP contribution in [0.25, 0.3) is 0 Å². The first-order valence-electron chi connectivity index (χ1n) is 7.82. The molecule has 2 rings (SSSR count). The van der Waals surface area contributed by atoms with Gasteiger partial charge in [0, 0.05) is 5.54 Å². The maximum absolute atomic E-state index is 14.1. The second kappa shape index (κ2) is 6.75. The minimum Gasteiger partial charge on any atom is -0.494 e. The zero-order chi connectivity index (χ0) is 15.5. The first-order valence-corrected chi connectivity index (χ1v) is 7.82. The van der Waals surface area contributed by atoms with Crippen molar-refractivity contribution in [3.63, 3.8) is 0 Å². The molecule has 0 spiro atoms. The second-order valence-corrected chi connectivity index (χ2v) is 6.23. The van der Waals surface area contributed by atoms with Crippen LogP contribution >= 0.6 is 0 Å². The van der Waals surface area contributed by atoms with Crippen molar-refractivity contribution in [2.75, 3.05) is 26.7 Å². The monoisotopic (exact) mass is 294 g/mol. The number of benzene rings is 1. The summed E-state index contributed by atoms with van der Waals surface area (Å²) in [4.78, 5) is 2.50. The second-order valence-electron chi connectivity index (χ2n) is 6.23. The predicted octanol–water partition coefficient (Wildman–Crippen LogP) is 3.36. The quantitative estimate of drug-likeness (QED) is 0.870. The molecule has 4 heteroatoms. The SMILES string of the molecule is CCNC(c1ccc(OC)c(F)c1)C(C)(C)N1CCCC1. The van der Waals surface area contributed by atoms with Crippen molar-refractivity contribution in [3.8, 4) is 5.75 Å². The van der Waals surface area contributed by atoms with Crippen molar-refractivity contribution >= 4 is 0 Å². The van der Waals surface area contributed by atoms with E-state index in [1.54, 1.807) is 12.1 Å². The Morgan fingerprint density at radius 3 is 2.52 bits per heavy atom. The normalized spacial score (nSPS) is 18.0. The molecule has 1 fully saturated rings. The fraction of sp³-hybridized carbons (Fsp3) is 0.647. The zero-order valence-corrected chi connectivity index (χ0v) is 13.6. The van der Waals surface area contributed by atoms with E-state index < -0.39 is 0 Å². The molecule has 1 heterocycles. The Labute approximate surface area is 127 Å². The molecule has 0 aliphatic carbocycles. The van der Waals surface area contributed by atoms with Crippen LogP contribution in [0.4, 0.5) is 4.39 Å². The van der Waals surface area contributed by atoms with E-state index in [1.807, 2.05) is 6.07 Å². The molecule has 1 N–H and O–H groups in total. The molecule has 1 aromatic carbocycles. The van der Waals surface area contributed by atoms with E-state index in [9.17, 15) is 4.39 Å². The van der Waals surface area contributed by atoms with Crippen LogP contribution in [-0.4, -0.2) is 37.2 Å². The number of methoxy groups -OCH3 is 1. The predicted molar refractivity (Wildman–Crippen MR) is 84.3 cm³/mol. The molecular weight excluding hydrogens is 267 g/mol. The lowest BCUT2D eigenvalue weighted by Crippen LogP contribution is -2.51. The van der Waals surface area contributed by atoms with Gasteiger partial charge in [-0.25, -0.2) is 4.39 Å². The fourth-order valence-electron chi connectivity index (χ4n) is 3.32. The summed E-state index contributed by atoms with van der Waals surface area (Å²) in [7, 11) is 1.49. The van der Waals surface area contributed by atoms with Crippen LogP contribution in [0.2, 0.25) is 0 Å². The molecule has 0 aromatic heterocycles. The Morgan fingerprint density at radius 2 is 2.00 bits per heavy atom. The first kappa shape index (κ1) is 16.2. The molecule has 1 aliphatic heterocycles. The van der Waals surface area contributed by atoms with Gasteiger partial charge in [-0.15, -0.1) is 0 Å². The summed E-state index contributed by atoms with van der Waals surface area (Å²) in [6, 6.07) is 5.38. The molecule has 1 saturated heterocycles. The van der Waals surface area contributed by atoms with E-state index in [4.69, 9.17) is 4.74 Å². The summed E-state index contributed by atoms with van der Waals surface area (Å²) in [5.41, 5.74) is 0.931. The Bertz CT molecular complexity index is 470. The van der Waals surface area contributed by atoms with Crippen LogP contribution < -0.4 is 10.1 Å². The standard InChI is InChI=1S/C17H27FN2O/c1-5-19-16(17(2,3)20-10-6-7-11-20)13-8-9-15(21-4)14(18)12-13/h8-9,12,16,19H,5-7,10-11H2,1-4H3. The van der Waals surface area contributed by atoms with Gasteiger partial charge in [0.05, 0.1) is 13.2 Å². The van der Waals surface area contributed by atoms with Gasteiger partial charge in [-0.1, -0.05) is 13.0 Å². The third-order valence-electron chi connectivity index (χ3n) is 4.54. The van der Waals surface area contributed by atoms with Crippen molar-refractivity contribution < 1.29 is 9.13 Å². The summed E-state index contributed by atoms with van der Waals surface area (Å²) < 4.78 is 19.1. The lowest BCUT2D eigenvalue weighted by Gasteiger charge is -2.43. The molecule has 0 bridgehead atoms. The Morgan fingerprint density at radius 1 is 1.33 bits per heavy atom. The number of ether oxygens (including phenoxy) is 1. The van der Waals surface area contributed by atoms with E-state index in [0.717, 1.165) is 25.2 Å². The largest absolute Gasteiger partial charge is 0.494 e. The van der Waals surface area contributed by atoms with Gasteiger partial charge < -0.3 is 10.1 Å². The lowest BCUT2D eigenvalue weighted by atomic mass is 9.87. The zero-order valence-electron chi connectivity index (χ0n) is 13.6. The van der Waals surface area contributed by atoms with Gasteiger partial charge in [0.15, 0.2) is 11.6 Å². The minimum absolute atomic E-state index is 0.0481. The minimum atomic E-state index is -0.296. The van der Waals surface area contributed by atoms with Gasteiger partial charge in [-0.3, -0.25) is 4.90 Å². The maximum Gasteiger partial charge on any atom is 0.165 e. The Kier molecular flexibility index (Phi) is 5.22. The molecule has 0 amide bonds. The van der Waals surface area contributed by atoms with Gasteiger partial charge in [0.25, 0.3) is 0 Å². The molecule has 1 atom stereocenters. The lowest BCUT2D eigenvalue weighted by molar-refractivity contribution is 0.107. The van der Waals surface area contributed by atoms with Crippen LogP contribution in [0.15, 0.2) is 18.2 Å². The molecule has 0 radical (unpaired) electrons. The fourth-order valence-corrected chi connectivity index (χ4v) is 3.32. The summed E-state index contributed by atoms with van der Waals surface area (Å²) in [5.74, 6) is 0.00287. The Hall–Kier alpha value is -1.13. The van der Waals surface area contributed by atoms with Gasteiger partial charge in [-0.2, -0.15) is 0 Å². The van der Waals surface area contributed by atoms with E-state index >= 15 is 0 Å². The molecule has 1 aromatic rings. The summed E-state index contributed by atoms with van der Waals surface area (Å²) in [5, 5.41) is 3.53. The van der Waals surface area contributed by atoms with E-state index in [2.05, 4.69) is 31.0 Å². The van der Waals surface area contributed by atoms with Crippen molar-refractivity contribution in [1.82, 2.24) is 10.2 Å². The number of nitrogens with zero attached hydrogens (tertiary/aromatic N) is 1. The van der Waals surface area contributed by atoms with Crippen LogP contribution in [0, 0.1) is 5.82 Å². The number of likely N-dealkylation sites (tertiary alicyclic amines) is 1. The van der Waals surface area contributed by atoms with Crippen molar-refractivity contribution in [3.05, 3.63) is 29.6 Å². The topological polar surface area (TPSA) is 24.5 Å². The molecule has 1 aliphatic rings. The summed E-state index contributed by atoms with van der Waals surface area (Å²) in [6.45, 7) is 9.67. The Balaban J connectivity index is 2.31. The van der Waals surface area contributed by atoms with E-state index in [-0.39, 0.29) is 17.4 Å². The van der Waals surface area contributed by atoms with Crippen LogP contribution in [0.3, 0.4) is 0 Å². The maximum atomic E-state index is 14.1. The average molecular weight is 294 g/mol. The third kappa shape index (κ3) is 3.38. The smallest absolute Gasteiger partial charge is 0.165 e. The van der Waals surface area contributed by atoms with Crippen LogP contribution in [0.1, 0.15) is 45.2 Å². The van der Waals surface area contributed by atoms with Gasteiger partial charge in [-0.05, 0) is 64.0 Å². The number of halogens is 1. The number of hydrogen-bond acceptors (Lipinski definition) is 3. The van der Waals surface area contributed by atoms with E-state index in [0.29, 0.717) is 5.75 Å². The highest BCUT2D eigenvalue weighted by molar-refractivity contribution is 5.32. The van der Waals surface area contributed by atoms with Crippen LogP contribution in [0.5, 0.6) is 5.75 Å². The number of hydrogen-bond donors (Lipinski definition) is 1. The number of likely N-dealkylation sites (N-methyl/N-ethyl adjacent to an activating group) is 1. The highest BCUT2D eigenvalue weighted by atomic mass is 19.1. The number of rotatable bonds is 6.